The van der Waals surface area contributed by atoms with Gasteiger partial charge < -0.3 is 10.8 Å². The number of aliphatic hydroxyl groups excluding tert-OH is 1. The van der Waals surface area contributed by atoms with Gasteiger partial charge in [-0.2, -0.15) is 0 Å². The number of hydrogen-bond donors (Lipinski definition) is 2. The van der Waals surface area contributed by atoms with E-state index in [1.807, 2.05) is 6.92 Å². The fourth-order valence-electron chi connectivity index (χ4n) is 2.58. The van der Waals surface area contributed by atoms with Crippen LogP contribution in [0.25, 0.3) is 0 Å². The summed E-state index contributed by atoms with van der Waals surface area (Å²) in [4.78, 5) is 0. The molecule has 0 saturated heterocycles. The molecule has 0 spiro atoms. The van der Waals surface area contributed by atoms with E-state index >= 15 is 0 Å². The van der Waals surface area contributed by atoms with E-state index in [0.717, 1.165) is 6.42 Å². The Balaban J connectivity index is 3.03. The van der Waals surface area contributed by atoms with E-state index in [-0.39, 0.29) is 25.0 Å². The molecule has 0 amide bonds. The van der Waals surface area contributed by atoms with E-state index in [1.54, 1.807) is 0 Å². The minimum atomic E-state index is -3.14. The monoisotopic (exact) mass is 221 g/mol. The minimum Gasteiger partial charge on any atom is -0.396 e. The molecule has 0 radical (unpaired) electrons. The molecular formula is C9H19NO3S. The lowest BCUT2D eigenvalue weighted by Gasteiger charge is -2.30. The van der Waals surface area contributed by atoms with Crippen LogP contribution in [0.3, 0.4) is 0 Å². The third kappa shape index (κ3) is 1.68. The van der Waals surface area contributed by atoms with Crippen molar-refractivity contribution in [3.8, 4) is 0 Å². The van der Waals surface area contributed by atoms with Crippen molar-refractivity contribution < 1.29 is 13.5 Å². The van der Waals surface area contributed by atoms with Crippen molar-refractivity contribution in [1.29, 1.82) is 0 Å². The highest BCUT2D eigenvalue weighted by Gasteiger charge is 2.50. The van der Waals surface area contributed by atoms with Crippen molar-refractivity contribution in [1.82, 2.24) is 0 Å². The molecule has 3 N–H and O–H groups in total. The molecule has 3 atom stereocenters. The average Bonchev–Trinajstić information content (AvgIpc) is 2.42. The summed E-state index contributed by atoms with van der Waals surface area (Å²) >= 11 is 0. The molecule has 5 heteroatoms. The Bertz CT molecular complexity index is 301. The van der Waals surface area contributed by atoms with Crippen molar-refractivity contribution in [3.63, 3.8) is 0 Å². The number of hydrogen-bond acceptors (Lipinski definition) is 4. The first-order chi connectivity index (χ1) is 6.37. The zero-order valence-electron chi connectivity index (χ0n) is 8.73. The van der Waals surface area contributed by atoms with Crippen LogP contribution in [0, 0.1) is 11.8 Å². The molecule has 1 fully saturated rings. The lowest BCUT2D eigenvalue weighted by molar-refractivity contribution is 0.226. The van der Waals surface area contributed by atoms with Gasteiger partial charge in [0.2, 0.25) is 0 Å². The maximum absolute atomic E-state index is 11.7. The Morgan fingerprint density at radius 2 is 2.14 bits per heavy atom. The van der Waals surface area contributed by atoms with Crippen LogP contribution in [0.4, 0.5) is 0 Å². The number of aliphatic hydroxyl groups is 1. The topological polar surface area (TPSA) is 80.4 Å². The van der Waals surface area contributed by atoms with Crippen LogP contribution in [0.15, 0.2) is 0 Å². The Hall–Kier alpha value is -0.130. The van der Waals surface area contributed by atoms with Crippen LogP contribution >= 0.6 is 0 Å². The smallest absolute Gasteiger partial charge is 0.154 e. The average molecular weight is 221 g/mol. The highest BCUT2D eigenvalue weighted by molar-refractivity contribution is 7.92. The summed E-state index contributed by atoms with van der Waals surface area (Å²) in [5.41, 5.74) is 5.60. The van der Waals surface area contributed by atoms with E-state index < -0.39 is 14.6 Å². The molecule has 0 aromatic rings. The second-order valence-electron chi connectivity index (χ2n) is 4.43. The molecule has 0 heterocycles. The van der Waals surface area contributed by atoms with Crippen LogP contribution < -0.4 is 5.73 Å². The van der Waals surface area contributed by atoms with Crippen molar-refractivity contribution in [2.75, 3.05) is 19.4 Å². The standard InChI is InChI=1S/C9H19NO3S/c1-7-3-8(5-11)4-9(7,6-10)14(2,12)13/h7-8,11H,3-6,10H2,1-2H3/t7-,8-,9+/m1/s1. The summed E-state index contributed by atoms with van der Waals surface area (Å²) in [6.45, 7) is 2.12. The predicted molar refractivity (Wildman–Crippen MR) is 55.6 cm³/mol. The Morgan fingerprint density at radius 1 is 1.57 bits per heavy atom. The molecular weight excluding hydrogens is 202 g/mol. The zero-order chi connectivity index (χ0) is 11.0. The quantitative estimate of drug-likeness (QED) is 0.689. The molecule has 1 aliphatic carbocycles. The normalized spacial score (nSPS) is 38.9. The molecule has 0 unspecified atom stereocenters. The minimum absolute atomic E-state index is 0.0413. The van der Waals surface area contributed by atoms with E-state index in [1.165, 1.54) is 6.26 Å². The Labute approximate surface area is 85.4 Å². The van der Waals surface area contributed by atoms with E-state index in [9.17, 15) is 8.42 Å². The third-order valence-corrected chi connectivity index (χ3v) is 5.77. The fourth-order valence-corrected chi connectivity index (χ4v) is 4.25. The Kier molecular flexibility index (Phi) is 3.23. The number of sulfone groups is 1. The van der Waals surface area contributed by atoms with Crippen molar-refractivity contribution >= 4 is 9.84 Å². The maximum atomic E-state index is 11.7. The van der Waals surface area contributed by atoms with Gasteiger partial charge in [0.1, 0.15) is 0 Å². The molecule has 4 nitrogen and oxygen atoms in total. The molecule has 1 rings (SSSR count). The SMILES string of the molecule is C[C@@H]1C[C@@H](CO)C[C@@]1(CN)S(C)(=O)=O. The molecule has 0 bridgehead atoms. The van der Waals surface area contributed by atoms with Gasteiger partial charge in [0.05, 0.1) is 4.75 Å². The van der Waals surface area contributed by atoms with Crippen LogP contribution in [0.2, 0.25) is 0 Å². The predicted octanol–water partition coefficient (Wildman–Crippen LogP) is -0.233. The summed E-state index contributed by atoms with van der Waals surface area (Å²) in [6, 6.07) is 0. The van der Waals surface area contributed by atoms with Crippen LogP contribution in [0.5, 0.6) is 0 Å². The highest BCUT2D eigenvalue weighted by atomic mass is 32.2. The summed E-state index contributed by atoms with van der Waals surface area (Å²) in [7, 11) is -3.14. The van der Waals surface area contributed by atoms with Gasteiger partial charge in [-0.25, -0.2) is 8.42 Å². The summed E-state index contributed by atoms with van der Waals surface area (Å²) in [5, 5.41) is 9.04. The molecule has 84 valence electrons. The van der Waals surface area contributed by atoms with Gasteiger partial charge in [-0.15, -0.1) is 0 Å². The maximum Gasteiger partial charge on any atom is 0.154 e. The van der Waals surface area contributed by atoms with Crippen LogP contribution in [-0.4, -0.2) is 37.7 Å². The van der Waals surface area contributed by atoms with Gasteiger partial charge in [-0.3, -0.25) is 0 Å². The van der Waals surface area contributed by atoms with E-state index in [2.05, 4.69) is 0 Å². The van der Waals surface area contributed by atoms with Crippen LogP contribution in [-0.2, 0) is 9.84 Å². The molecule has 1 saturated carbocycles. The first kappa shape index (κ1) is 11.9. The van der Waals surface area contributed by atoms with Gasteiger partial charge >= 0.3 is 0 Å². The fraction of sp³-hybridized carbons (Fsp3) is 1.00. The van der Waals surface area contributed by atoms with E-state index in [4.69, 9.17) is 10.8 Å². The van der Waals surface area contributed by atoms with Gasteiger partial charge in [0, 0.05) is 19.4 Å². The zero-order valence-corrected chi connectivity index (χ0v) is 9.55. The third-order valence-electron chi connectivity index (χ3n) is 3.56. The Morgan fingerprint density at radius 3 is 2.36 bits per heavy atom. The summed E-state index contributed by atoms with van der Waals surface area (Å²) in [5.74, 6) is 0.128. The molecule has 14 heavy (non-hydrogen) atoms. The van der Waals surface area contributed by atoms with Gasteiger partial charge in [0.15, 0.2) is 9.84 Å². The van der Waals surface area contributed by atoms with Crippen LogP contribution in [0.1, 0.15) is 19.8 Å². The first-order valence-electron chi connectivity index (χ1n) is 4.88. The van der Waals surface area contributed by atoms with E-state index in [0.29, 0.717) is 6.42 Å². The van der Waals surface area contributed by atoms with Crippen molar-refractivity contribution in [3.05, 3.63) is 0 Å². The van der Waals surface area contributed by atoms with Gasteiger partial charge in [0.25, 0.3) is 0 Å². The second kappa shape index (κ2) is 3.79. The summed E-state index contributed by atoms with van der Waals surface area (Å²) in [6.07, 6.45) is 2.50. The highest BCUT2D eigenvalue weighted by Crippen LogP contribution is 2.43. The number of rotatable bonds is 3. The van der Waals surface area contributed by atoms with Crippen molar-refractivity contribution in [2.45, 2.75) is 24.5 Å². The molecule has 0 aromatic carbocycles. The largest absolute Gasteiger partial charge is 0.396 e. The molecule has 0 aromatic heterocycles. The summed E-state index contributed by atoms with van der Waals surface area (Å²) < 4.78 is 22.6. The van der Waals surface area contributed by atoms with Gasteiger partial charge in [-0.1, -0.05) is 6.92 Å². The first-order valence-corrected chi connectivity index (χ1v) is 6.77. The van der Waals surface area contributed by atoms with Crippen molar-refractivity contribution in [2.24, 2.45) is 17.6 Å². The van der Waals surface area contributed by atoms with Gasteiger partial charge in [-0.05, 0) is 24.7 Å². The number of nitrogens with two attached hydrogens (primary N) is 1. The molecule has 1 aliphatic rings. The lowest BCUT2D eigenvalue weighted by atomic mass is 9.97. The lowest BCUT2D eigenvalue weighted by Crippen LogP contribution is -2.47. The molecule has 0 aliphatic heterocycles. The second-order valence-corrected chi connectivity index (χ2v) is 6.79.